The topological polar surface area (TPSA) is 50.7 Å². The molecule has 0 radical (unpaired) electrons. The minimum Gasteiger partial charge on any atom is -0.449 e. The number of benzene rings is 1. The number of rotatable bonds is 4. The van der Waals surface area contributed by atoms with E-state index in [0.717, 1.165) is 11.3 Å². The van der Waals surface area contributed by atoms with Crippen molar-refractivity contribution in [3.05, 3.63) is 35.4 Å². The lowest BCUT2D eigenvalue weighted by Crippen LogP contribution is -2.20. The summed E-state index contributed by atoms with van der Waals surface area (Å²) in [6.45, 7) is 3.98. The fourth-order valence-electron chi connectivity index (χ4n) is 2.79. The Bertz CT molecular complexity index is 488. The van der Waals surface area contributed by atoms with Crippen LogP contribution in [0.25, 0.3) is 0 Å². The maximum atomic E-state index is 11.2. The second-order valence-electron chi connectivity index (χ2n) is 5.49. The Hall–Kier alpha value is -1.84. The van der Waals surface area contributed by atoms with Gasteiger partial charge in [0.25, 0.3) is 0 Å². The van der Waals surface area contributed by atoms with Crippen molar-refractivity contribution in [2.24, 2.45) is 5.10 Å². The Kier molecular flexibility index (Phi) is 5.78. The van der Waals surface area contributed by atoms with Crippen LogP contribution in [-0.2, 0) is 4.74 Å². The quantitative estimate of drug-likeness (QED) is 0.666. The van der Waals surface area contributed by atoms with Crippen LogP contribution >= 0.6 is 0 Å². The van der Waals surface area contributed by atoms with Gasteiger partial charge in [-0.1, -0.05) is 43.5 Å². The van der Waals surface area contributed by atoms with E-state index >= 15 is 0 Å². The first-order valence-corrected chi connectivity index (χ1v) is 7.78. The Balaban J connectivity index is 1.97. The van der Waals surface area contributed by atoms with E-state index in [0.29, 0.717) is 12.5 Å². The van der Waals surface area contributed by atoms with E-state index in [1.165, 1.54) is 37.7 Å². The second-order valence-corrected chi connectivity index (χ2v) is 5.49. The predicted molar refractivity (Wildman–Crippen MR) is 84.6 cm³/mol. The number of hydrogen-bond donors (Lipinski definition) is 1. The highest BCUT2D eigenvalue weighted by molar-refractivity contribution is 5.99. The Labute approximate surface area is 126 Å². The molecule has 1 aliphatic rings. The van der Waals surface area contributed by atoms with Crippen molar-refractivity contribution < 1.29 is 9.53 Å². The average molecular weight is 288 g/mol. The van der Waals surface area contributed by atoms with Gasteiger partial charge in [-0.2, -0.15) is 5.10 Å². The molecule has 1 fully saturated rings. The number of hydrazone groups is 1. The predicted octanol–water partition coefficient (Wildman–Crippen LogP) is 4.20. The summed E-state index contributed by atoms with van der Waals surface area (Å²) in [4.78, 5) is 11.2. The summed E-state index contributed by atoms with van der Waals surface area (Å²) in [6.07, 6.45) is 6.15. The number of nitrogens with one attached hydrogen (secondary N) is 1. The van der Waals surface area contributed by atoms with Crippen molar-refractivity contribution >= 4 is 11.8 Å². The summed E-state index contributed by atoms with van der Waals surface area (Å²) in [5, 5.41) is 4.05. The maximum absolute atomic E-state index is 11.2. The van der Waals surface area contributed by atoms with Gasteiger partial charge in [-0.15, -0.1) is 0 Å². The van der Waals surface area contributed by atoms with Gasteiger partial charge < -0.3 is 4.74 Å². The molecule has 1 aliphatic carbocycles. The molecule has 1 saturated carbocycles. The zero-order chi connectivity index (χ0) is 15.1. The molecule has 4 nitrogen and oxygen atoms in total. The molecule has 0 unspecified atom stereocenters. The van der Waals surface area contributed by atoms with Gasteiger partial charge in [0.1, 0.15) is 0 Å². The Morgan fingerprint density at radius 1 is 1.24 bits per heavy atom. The summed E-state index contributed by atoms with van der Waals surface area (Å²) in [5.74, 6) is 0.711. The number of carbonyl (C=O) groups is 1. The number of amides is 1. The monoisotopic (exact) mass is 288 g/mol. The van der Waals surface area contributed by atoms with Crippen LogP contribution in [0.3, 0.4) is 0 Å². The minimum atomic E-state index is -0.518. The van der Waals surface area contributed by atoms with Crippen LogP contribution in [0.5, 0.6) is 0 Å². The first kappa shape index (κ1) is 15.5. The molecule has 1 N–H and O–H groups in total. The highest BCUT2D eigenvalue weighted by atomic mass is 16.5. The number of carbonyl (C=O) groups excluding carboxylic acids is 1. The molecule has 1 aromatic rings. The van der Waals surface area contributed by atoms with E-state index in [9.17, 15) is 4.79 Å². The zero-order valence-corrected chi connectivity index (χ0v) is 12.9. The van der Waals surface area contributed by atoms with Gasteiger partial charge in [0.15, 0.2) is 0 Å². The van der Waals surface area contributed by atoms with Gasteiger partial charge >= 0.3 is 6.09 Å². The molecule has 21 heavy (non-hydrogen) atoms. The highest BCUT2D eigenvalue weighted by Gasteiger charge is 2.15. The summed E-state index contributed by atoms with van der Waals surface area (Å²) in [6, 6.07) is 8.54. The molecule has 0 bridgehead atoms. The summed E-state index contributed by atoms with van der Waals surface area (Å²) < 4.78 is 4.77. The lowest BCUT2D eigenvalue weighted by atomic mass is 9.84. The Morgan fingerprint density at radius 3 is 2.52 bits per heavy atom. The van der Waals surface area contributed by atoms with Crippen LogP contribution in [0.4, 0.5) is 4.79 Å². The largest absolute Gasteiger partial charge is 0.449 e. The normalized spacial score (nSPS) is 16.6. The number of hydrogen-bond acceptors (Lipinski definition) is 3. The molecular formula is C17H24N2O2. The molecular weight excluding hydrogens is 264 g/mol. The Morgan fingerprint density at radius 2 is 1.90 bits per heavy atom. The summed E-state index contributed by atoms with van der Waals surface area (Å²) in [7, 11) is 0. The van der Waals surface area contributed by atoms with Gasteiger partial charge in [0.05, 0.1) is 12.3 Å². The fourth-order valence-corrected chi connectivity index (χ4v) is 2.79. The third kappa shape index (κ3) is 4.59. The van der Waals surface area contributed by atoms with Crippen LogP contribution in [0.2, 0.25) is 0 Å². The molecule has 2 rings (SSSR count). The van der Waals surface area contributed by atoms with E-state index < -0.39 is 6.09 Å². The van der Waals surface area contributed by atoms with Crippen molar-refractivity contribution in [3.63, 3.8) is 0 Å². The summed E-state index contributed by atoms with van der Waals surface area (Å²) in [5.41, 5.74) is 5.60. The van der Waals surface area contributed by atoms with E-state index in [1.807, 2.05) is 6.92 Å². The van der Waals surface area contributed by atoms with Crippen LogP contribution in [0.15, 0.2) is 29.4 Å². The number of ether oxygens (including phenoxy) is 1. The van der Waals surface area contributed by atoms with E-state index in [4.69, 9.17) is 4.74 Å². The first-order valence-electron chi connectivity index (χ1n) is 7.78. The van der Waals surface area contributed by atoms with Crippen molar-refractivity contribution in [3.8, 4) is 0 Å². The molecule has 1 aromatic carbocycles. The molecule has 0 aromatic heterocycles. The molecule has 0 heterocycles. The molecule has 4 heteroatoms. The van der Waals surface area contributed by atoms with Crippen molar-refractivity contribution in [2.45, 2.75) is 51.9 Å². The fraction of sp³-hybridized carbons (Fsp3) is 0.529. The van der Waals surface area contributed by atoms with Crippen molar-refractivity contribution in [2.75, 3.05) is 6.61 Å². The van der Waals surface area contributed by atoms with E-state index in [2.05, 4.69) is 34.8 Å². The standard InChI is InChI=1S/C17H24N2O2/c1-3-21-17(20)19-18-13(2)14-9-11-16(12-10-14)15-7-5-4-6-8-15/h9-12,15H,3-8H2,1-2H3,(H,19,20)/b18-13+. The molecule has 0 aliphatic heterocycles. The van der Waals surface area contributed by atoms with Gasteiger partial charge in [-0.3, -0.25) is 0 Å². The second kappa shape index (κ2) is 7.81. The van der Waals surface area contributed by atoms with Gasteiger partial charge in [-0.05, 0) is 43.7 Å². The van der Waals surface area contributed by atoms with Crippen LogP contribution < -0.4 is 5.43 Å². The molecule has 0 atom stereocenters. The SMILES string of the molecule is CCOC(=O)N/N=C(\C)c1ccc(C2CCCCC2)cc1. The third-order valence-corrected chi connectivity index (χ3v) is 4.00. The maximum Gasteiger partial charge on any atom is 0.427 e. The number of nitrogens with zero attached hydrogens (tertiary/aromatic N) is 1. The molecule has 0 spiro atoms. The van der Waals surface area contributed by atoms with E-state index in [1.54, 1.807) is 6.92 Å². The van der Waals surface area contributed by atoms with Gasteiger partial charge in [-0.25, -0.2) is 10.2 Å². The zero-order valence-electron chi connectivity index (χ0n) is 12.9. The smallest absolute Gasteiger partial charge is 0.427 e. The molecule has 114 valence electrons. The van der Waals surface area contributed by atoms with Crippen molar-refractivity contribution in [1.29, 1.82) is 0 Å². The van der Waals surface area contributed by atoms with Crippen LogP contribution in [-0.4, -0.2) is 18.4 Å². The average Bonchev–Trinajstić information content (AvgIpc) is 2.54. The molecule has 1 amide bonds. The van der Waals surface area contributed by atoms with Gasteiger partial charge in [0.2, 0.25) is 0 Å². The lowest BCUT2D eigenvalue weighted by Gasteiger charge is -2.22. The highest BCUT2D eigenvalue weighted by Crippen LogP contribution is 2.32. The lowest BCUT2D eigenvalue weighted by molar-refractivity contribution is 0.152. The molecule has 0 saturated heterocycles. The van der Waals surface area contributed by atoms with Gasteiger partial charge in [0, 0.05) is 0 Å². The summed E-state index contributed by atoms with van der Waals surface area (Å²) >= 11 is 0. The van der Waals surface area contributed by atoms with Crippen LogP contribution in [0, 0.1) is 0 Å². The minimum absolute atomic E-state index is 0.344. The van der Waals surface area contributed by atoms with Crippen molar-refractivity contribution in [1.82, 2.24) is 5.43 Å². The first-order chi connectivity index (χ1) is 10.2. The third-order valence-electron chi connectivity index (χ3n) is 4.00. The van der Waals surface area contributed by atoms with E-state index in [-0.39, 0.29) is 0 Å². The van der Waals surface area contributed by atoms with Crippen LogP contribution in [0.1, 0.15) is 63.0 Å².